The summed E-state index contributed by atoms with van der Waals surface area (Å²) in [6.07, 6.45) is 9.76. The lowest BCUT2D eigenvalue weighted by molar-refractivity contribution is 0.0888. The molecule has 0 spiro atoms. The minimum atomic E-state index is -0.413. The van der Waals surface area contributed by atoms with Gasteiger partial charge in [0.25, 0.3) is 0 Å². The summed E-state index contributed by atoms with van der Waals surface area (Å²) >= 11 is 0. The van der Waals surface area contributed by atoms with Crippen molar-refractivity contribution in [3.63, 3.8) is 0 Å². The fourth-order valence-electron chi connectivity index (χ4n) is 5.27. The number of allylic oxidation sites excluding steroid dienone is 1. The highest BCUT2D eigenvalue weighted by Crippen LogP contribution is 2.45. The van der Waals surface area contributed by atoms with Crippen LogP contribution < -0.4 is 0 Å². The van der Waals surface area contributed by atoms with E-state index in [0.29, 0.717) is 12.5 Å². The van der Waals surface area contributed by atoms with Gasteiger partial charge in [-0.2, -0.15) is 0 Å². The van der Waals surface area contributed by atoms with Gasteiger partial charge in [0.2, 0.25) is 0 Å². The molecule has 2 aliphatic rings. The van der Waals surface area contributed by atoms with Gasteiger partial charge in [-0.25, -0.2) is 0 Å². The van der Waals surface area contributed by atoms with E-state index < -0.39 is 6.10 Å². The summed E-state index contributed by atoms with van der Waals surface area (Å²) in [4.78, 5) is 6.33. The van der Waals surface area contributed by atoms with Crippen molar-refractivity contribution in [1.29, 1.82) is 0 Å². The summed E-state index contributed by atoms with van der Waals surface area (Å²) in [6, 6.07) is 19.9. The SMILES string of the molecule is CC/C=C/CC(O)C1=CC[C@H]2c3[nH]c4ccccc4c3C[C@@H]1N2Cc1ccccc1. The van der Waals surface area contributed by atoms with Gasteiger partial charge in [-0.15, -0.1) is 0 Å². The standard InChI is InChI=1S/C27H30N2O/c1-2-3-5-14-26(30)21-15-16-24-27-22(20-12-8-9-13-23(20)28-27)17-25(21)29(24)18-19-10-6-4-7-11-19/h3-13,15,24-26,28,30H,2,14,16-18H2,1H3/b5-3+/t24-,25-,26?/m0/s1. The molecule has 2 N–H and O–H groups in total. The first kappa shape index (κ1) is 19.3. The molecule has 30 heavy (non-hydrogen) atoms. The summed E-state index contributed by atoms with van der Waals surface area (Å²) < 4.78 is 0. The average molecular weight is 399 g/mol. The van der Waals surface area contributed by atoms with Crippen molar-refractivity contribution in [3.05, 3.63) is 95.2 Å². The third kappa shape index (κ3) is 3.42. The van der Waals surface area contributed by atoms with Crippen LogP contribution in [0.1, 0.15) is 49.0 Å². The maximum atomic E-state index is 11.1. The van der Waals surface area contributed by atoms with Crippen molar-refractivity contribution in [2.24, 2.45) is 0 Å². The number of nitrogens with one attached hydrogen (secondary N) is 1. The van der Waals surface area contributed by atoms with Crippen LogP contribution >= 0.6 is 0 Å². The highest BCUT2D eigenvalue weighted by molar-refractivity contribution is 5.85. The molecule has 154 valence electrons. The number of aromatic amines is 1. The zero-order chi connectivity index (χ0) is 20.5. The van der Waals surface area contributed by atoms with Crippen LogP contribution in [-0.2, 0) is 13.0 Å². The van der Waals surface area contributed by atoms with E-state index in [1.807, 2.05) is 0 Å². The van der Waals surface area contributed by atoms with E-state index in [1.165, 1.54) is 33.3 Å². The Hall–Kier alpha value is -2.62. The molecule has 1 unspecified atom stereocenters. The molecule has 2 bridgehead atoms. The molecule has 1 aromatic heterocycles. The predicted octanol–water partition coefficient (Wildman–Crippen LogP) is 5.68. The minimum absolute atomic E-state index is 0.237. The Morgan fingerprint density at radius 1 is 1.07 bits per heavy atom. The molecule has 3 atom stereocenters. The Bertz CT molecular complexity index is 1080. The quantitative estimate of drug-likeness (QED) is 0.524. The fourth-order valence-corrected chi connectivity index (χ4v) is 5.27. The predicted molar refractivity (Wildman–Crippen MR) is 123 cm³/mol. The van der Waals surface area contributed by atoms with Gasteiger partial charge >= 0.3 is 0 Å². The number of para-hydroxylation sites is 1. The molecule has 3 heterocycles. The second-order valence-electron chi connectivity index (χ2n) is 8.53. The third-order valence-corrected chi connectivity index (χ3v) is 6.69. The van der Waals surface area contributed by atoms with Crippen LogP contribution in [0.25, 0.3) is 10.9 Å². The molecule has 0 radical (unpaired) electrons. The van der Waals surface area contributed by atoms with E-state index in [4.69, 9.17) is 0 Å². The van der Waals surface area contributed by atoms with Crippen molar-refractivity contribution < 1.29 is 5.11 Å². The first-order valence-electron chi connectivity index (χ1n) is 11.2. The summed E-state index contributed by atoms with van der Waals surface area (Å²) in [5.41, 5.74) is 6.54. The van der Waals surface area contributed by atoms with Crippen LogP contribution in [0.4, 0.5) is 0 Å². The van der Waals surface area contributed by atoms with E-state index in [9.17, 15) is 5.11 Å². The Labute approximate surface area is 178 Å². The maximum Gasteiger partial charge on any atom is 0.0799 e. The first-order chi connectivity index (χ1) is 14.8. The zero-order valence-corrected chi connectivity index (χ0v) is 17.6. The molecule has 3 nitrogen and oxygen atoms in total. The van der Waals surface area contributed by atoms with Crippen molar-refractivity contribution in [1.82, 2.24) is 9.88 Å². The number of aliphatic hydroxyl groups excluding tert-OH is 1. The summed E-state index contributed by atoms with van der Waals surface area (Å²) in [5, 5.41) is 12.4. The van der Waals surface area contributed by atoms with Crippen LogP contribution in [-0.4, -0.2) is 27.1 Å². The molecule has 0 saturated carbocycles. The van der Waals surface area contributed by atoms with Crippen molar-refractivity contribution >= 4 is 10.9 Å². The lowest BCUT2D eigenvalue weighted by Crippen LogP contribution is -2.48. The second-order valence-corrected chi connectivity index (χ2v) is 8.53. The van der Waals surface area contributed by atoms with E-state index in [1.54, 1.807) is 0 Å². The molecule has 3 aromatic rings. The Kier molecular flexibility index (Phi) is 5.32. The molecular weight excluding hydrogens is 368 g/mol. The molecule has 0 aliphatic carbocycles. The molecule has 2 aliphatic heterocycles. The molecule has 3 heteroatoms. The highest BCUT2D eigenvalue weighted by Gasteiger charge is 2.41. The van der Waals surface area contributed by atoms with Crippen molar-refractivity contribution in [3.8, 4) is 0 Å². The fraction of sp³-hybridized carbons (Fsp3) is 0.333. The first-order valence-corrected chi connectivity index (χ1v) is 11.2. The van der Waals surface area contributed by atoms with Gasteiger partial charge in [0.1, 0.15) is 0 Å². The van der Waals surface area contributed by atoms with E-state index in [-0.39, 0.29) is 6.04 Å². The number of fused-ring (bicyclic) bond motifs is 6. The van der Waals surface area contributed by atoms with Crippen LogP contribution in [0.2, 0.25) is 0 Å². The number of aliphatic hydroxyl groups is 1. The van der Waals surface area contributed by atoms with Gasteiger partial charge < -0.3 is 10.1 Å². The number of hydrogen-bond acceptors (Lipinski definition) is 2. The Morgan fingerprint density at radius 3 is 2.70 bits per heavy atom. The maximum absolute atomic E-state index is 11.1. The van der Waals surface area contributed by atoms with E-state index in [0.717, 1.165) is 25.8 Å². The van der Waals surface area contributed by atoms with Crippen LogP contribution in [0.15, 0.2) is 78.4 Å². The molecular formula is C27H30N2O. The lowest BCUT2D eigenvalue weighted by Gasteiger charge is -2.47. The molecule has 2 aromatic carbocycles. The number of hydrogen-bond donors (Lipinski definition) is 2. The number of aromatic nitrogens is 1. The lowest BCUT2D eigenvalue weighted by atomic mass is 9.79. The molecule has 0 amide bonds. The van der Waals surface area contributed by atoms with Crippen molar-refractivity contribution in [2.45, 2.75) is 57.3 Å². The van der Waals surface area contributed by atoms with Gasteiger partial charge in [0, 0.05) is 29.2 Å². The average Bonchev–Trinajstić information content (AvgIpc) is 3.13. The summed E-state index contributed by atoms with van der Waals surface area (Å²) in [7, 11) is 0. The Morgan fingerprint density at radius 2 is 1.87 bits per heavy atom. The molecule has 5 rings (SSSR count). The number of H-pyrrole nitrogens is 1. The van der Waals surface area contributed by atoms with Crippen molar-refractivity contribution in [2.75, 3.05) is 0 Å². The van der Waals surface area contributed by atoms with Gasteiger partial charge in [-0.1, -0.05) is 73.7 Å². The van der Waals surface area contributed by atoms with Crippen LogP contribution in [0.3, 0.4) is 0 Å². The number of rotatable bonds is 6. The second kappa shape index (κ2) is 8.25. The van der Waals surface area contributed by atoms with E-state index >= 15 is 0 Å². The smallest absolute Gasteiger partial charge is 0.0799 e. The van der Waals surface area contributed by atoms with Gasteiger partial charge in [-0.05, 0) is 48.4 Å². The summed E-state index contributed by atoms with van der Waals surface area (Å²) in [6.45, 7) is 3.04. The van der Waals surface area contributed by atoms with Crippen LogP contribution in [0.5, 0.6) is 0 Å². The highest BCUT2D eigenvalue weighted by atomic mass is 16.3. The van der Waals surface area contributed by atoms with Gasteiger partial charge in [0.15, 0.2) is 0 Å². The number of benzene rings is 2. The third-order valence-electron chi connectivity index (χ3n) is 6.69. The molecule has 0 fully saturated rings. The normalized spacial score (nSPS) is 22.3. The largest absolute Gasteiger partial charge is 0.388 e. The molecule has 0 saturated heterocycles. The number of nitrogens with zero attached hydrogens (tertiary/aromatic N) is 1. The van der Waals surface area contributed by atoms with E-state index in [2.05, 4.69) is 89.6 Å². The van der Waals surface area contributed by atoms with Gasteiger partial charge in [-0.3, -0.25) is 4.90 Å². The Balaban J connectivity index is 1.54. The zero-order valence-electron chi connectivity index (χ0n) is 17.6. The topological polar surface area (TPSA) is 39.3 Å². The summed E-state index contributed by atoms with van der Waals surface area (Å²) in [5.74, 6) is 0. The van der Waals surface area contributed by atoms with Crippen LogP contribution in [0, 0.1) is 0 Å². The monoisotopic (exact) mass is 398 g/mol. The van der Waals surface area contributed by atoms with Gasteiger partial charge in [0.05, 0.1) is 12.1 Å². The minimum Gasteiger partial charge on any atom is -0.388 e.